The van der Waals surface area contributed by atoms with Gasteiger partial charge in [-0.25, -0.2) is 0 Å². The number of anilines is 2. The molecule has 0 saturated heterocycles. The van der Waals surface area contributed by atoms with Gasteiger partial charge < -0.3 is 5.32 Å². The van der Waals surface area contributed by atoms with Gasteiger partial charge in [-0.3, -0.25) is 10.1 Å². The van der Waals surface area contributed by atoms with Gasteiger partial charge in [-0.15, -0.1) is 5.10 Å². The number of benzene rings is 1. The van der Waals surface area contributed by atoms with Gasteiger partial charge in [0.1, 0.15) is 0 Å². The van der Waals surface area contributed by atoms with Crippen LogP contribution in [0.2, 0.25) is 0 Å². The third-order valence-corrected chi connectivity index (χ3v) is 2.59. The summed E-state index contributed by atoms with van der Waals surface area (Å²) in [5.74, 6) is -0.0555. The number of nitrogens with zero attached hydrogens (tertiary/aromatic N) is 4. The molecule has 19 heavy (non-hydrogen) atoms. The summed E-state index contributed by atoms with van der Waals surface area (Å²) in [7, 11) is 1.64. The van der Waals surface area contributed by atoms with Crippen LogP contribution < -0.4 is 10.6 Å². The maximum Gasteiger partial charge on any atom is 0.270 e. The number of nitrogens with one attached hydrogen (secondary N) is 2. The van der Waals surface area contributed by atoms with Crippen molar-refractivity contribution in [3.05, 3.63) is 29.3 Å². The van der Waals surface area contributed by atoms with Gasteiger partial charge in [-0.1, -0.05) is 5.10 Å². The Hall–Kier alpha value is -2.44. The minimum Gasteiger partial charge on any atom is -0.385 e. The SMILES string of the molecule is CCNc1ccc(C(=O)Nc2nnn(C)n2)cc1C. The van der Waals surface area contributed by atoms with Crippen molar-refractivity contribution in [2.24, 2.45) is 7.05 Å². The van der Waals surface area contributed by atoms with Gasteiger partial charge in [-0.2, -0.15) is 4.80 Å². The first-order valence-corrected chi connectivity index (χ1v) is 6.00. The maximum absolute atomic E-state index is 12.0. The lowest BCUT2D eigenvalue weighted by Gasteiger charge is -2.09. The number of aromatic nitrogens is 4. The third kappa shape index (κ3) is 3.06. The molecular formula is C12H16N6O. The van der Waals surface area contributed by atoms with Crippen molar-refractivity contribution in [1.82, 2.24) is 20.2 Å². The Morgan fingerprint density at radius 1 is 1.42 bits per heavy atom. The molecular weight excluding hydrogens is 244 g/mol. The van der Waals surface area contributed by atoms with Crippen molar-refractivity contribution in [2.45, 2.75) is 13.8 Å². The molecule has 0 radical (unpaired) electrons. The molecule has 1 heterocycles. The molecule has 1 aromatic carbocycles. The fourth-order valence-electron chi connectivity index (χ4n) is 1.70. The molecule has 7 heteroatoms. The highest BCUT2D eigenvalue weighted by atomic mass is 16.1. The van der Waals surface area contributed by atoms with Crippen LogP contribution in [-0.4, -0.2) is 32.7 Å². The summed E-state index contributed by atoms with van der Waals surface area (Å²) in [4.78, 5) is 13.3. The minimum atomic E-state index is -0.251. The third-order valence-electron chi connectivity index (χ3n) is 2.59. The van der Waals surface area contributed by atoms with Crippen molar-refractivity contribution in [2.75, 3.05) is 17.2 Å². The average molecular weight is 260 g/mol. The lowest BCUT2D eigenvalue weighted by Crippen LogP contribution is -2.13. The molecule has 0 atom stereocenters. The molecule has 2 aromatic rings. The van der Waals surface area contributed by atoms with E-state index in [1.54, 1.807) is 13.1 Å². The molecule has 0 aliphatic carbocycles. The summed E-state index contributed by atoms with van der Waals surface area (Å²) in [5, 5.41) is 17.1. The predicted octanol–water partition coefficient (Wildman–Crippen LogP) is 1.20. The predicted molar refractivity (Wildman–Crippen MR) is 72.1 cm³/mol. The van der Waals surface area contributed by atoms with Crippen molar-refractivity contribution in [1.29, 1.82) is 0 Å². The van der Waals surface area contributed by atoms with E-state index in [1.807, 2.05) is 26.0 Å². The fraction of sp³-hybridized carbons (Fsp3) is 0.333. The first-order chi connectivity index (χ1) is 9.10. The zero-order valence-electron chi connectivity index (χ0n) is 11.1. The van der Waals surface area contributed by atoms with Gasteiger partial charge in [0.05, 0.1) is 7.05 Å². The normalized spacial score (nSPS) is 10.3. The summed E-state index contributed by atoms with van der Waals surface area (Å²) in [6, 6.07) is 5.47. The smallest absolute Gasteiger partial charge is 0.270 e. The Morgan fingerprint density at radius 2 is 2.21 bits per heavy atom. The molecule has 0 aliphatic heterocycles. The Morgan fingerprint density at radius 3 is 2.79 bits per heavy atom. The summed E-state index contributed by atoms with van der Waals surface area (Å²) >= 11 is 0. The second-order valence-electron chi connectivity index (χ2n) is 4.12. The Balaban J connectivity index is 2.13. The summed E-state index contributed by atoms with van der Waals surface area (Å²) in [5.41, 5.74) is 2.60. The molecule has 0 spiro atoms. The van der Waals surface area contributed by atoms with Gasteiger partial charge in [0, 0.05) is 17.8 Å². The number of amides is 1. The first-order valence-electron chi connectivity index (χ1n) is 6.00. The molecule has 100 valence electrons. The van der Waals surface area contributed by atoms with Gasteiger partial charge in [0.25, 0.3) is 11.9 Å². The molecule has 7 nitrogen and oxygen atoms in total. The minimum absolute atomic E-state index is 0.195. The molecule has 1 aromatic heterocycles. The van der Waals surface area contributed by atoms with Crippen LogP contribution in [0.15, 0.2) is 18.2 Å². The molecule has 0 aliphatic rings. The average Bonchev–Trinajstić information content (AvgIpc) is 2.77. The zero-order valence-corrected chi connectivity index (χ0v) is 11.1. The second kappa shape index (κ2) is 5.47. The summed E-state index contributed by atoms with van der Waals surface area (Å²) in [6.07, 6.45) is 0. The maximum atomic E-state index is 12.0. The first kappa shape index (κ1) is 13.0. The van der Waals surface area contributed by atoms with E-state index in [2.05, 4.69) is 26.0 Å². The number of carbonyl (C=O) groups excluding carboxylic acids is 1. The van der Waals surface area contributed by atoms with Crippen LogP contribution in [-0.2, 0) is 7.05 Å². The van der Waals surface area contributed by atoms with Gasteiger partial charge in [-0.05, 0) is 42.8 Å². The van der Waals surface area contributed by atoms with Crippen molar-refractivity contribution in [3.63, 3.8) is 0 Å². The van der Waals surface area contributed by atoms with Crippen LogP contribution >= 0.6 is 0 Å². The molecule has 2 N–H and O–H groups in total. The van der Waals surface area contributed by atoms with Crippen LogP contribution in [0.25, 0.3) is 0 Å². The Kier molecular flexibility index (Phi) is 3.74. The molecule has 0 unspecified atom stereocenters. The monoisotopic (exact) mass is 260 g/mol. The van der Waals surface area contributed by atoms with E-state index in [0.29, 0.717) is 5.56 Å². The summed E-state index contributed by atoms with van der Waals surface area (Å²) < 4.78 is 0. The van der Waals surface area contributed by atoms with Crippen LogP contribution in [0.1, 0.15) is 22.8 Å². The van der Waals surface area contributed by atoms with E-state index < -0.39 is 0 Å². The quantitative estimate of drug-likeness (QED) is 0.863. The van der Waals surface area contributed by atoms with Crippen LogP contribution in [0.3, 0.4) is 0 Å². The van der Waals surface area contributed by atoms with Crippen LogP contribution in [0.4, 0.5) is 11.6 Å². The molecule has 0 bridgehead atoms. The zero-order chi connectivity index (χ0) is 13.8. The van der Waals surface area contributed by atoms with Crippen LogP contribution in [0, 0.1) is 6.92 Å². The van der Waals surface area contributed by atoms with E-state index in [-0.39, 0.29) is 11.9 Å². The Labute approximate surface area is 111 Å². The molecule has 1 amide bonds. The lowest BCUT2D eigenvalue weighted by molar-refractivity contribution is 0.102. The van der Waals surface area contributed by atoms with E-state index in [9.17, 15) is 4.79 Å². The topological polar surface area (TPSA) is 84.7 Å². The second-order valence-corrected chi connectivity index (χ2v) is 4.12. The van der Waals surface area contributed by atoms with Gasteiger partial charge >= 0.3 is 0 Å². The van der Waals surface area contributed by atoms with Crippen molar-refractivity contribution >= 4 is 17.5 Å². The number of tetrazole rings is 1. The van der Waals surface area contributed by atoms with E-state index in [0.717, 1.165) is 17.8 Å². The number of hydrogen-bond donors (Lipinski definition) is 2. The highest BCUT2D eigenvalue weighted by Crippen LogP contribution is 2.16. The molecule has 2 rings (SSSR count). The fourth-order valence-corrected chi connectivity index (χ4v) is 1.70. The van der Waals surface area contributed by atoms with Gasteiger partial charge in [0.15, 0.2) is 0 Å². The van der Waals surface area contributed by atoms with E-state index in [1.165, 1.54) is 4.80 Å². The number of rotatable bonds is 4. The lowest BCUT2D eigenvalue weighted by atomic mass is 10.1. The van der Waals surface area contributed by atoms with E-state index >= 15 is 0 Å². The Bertz CT molecular complexity index is 592. The van der Waals surface area contributed by atoms with Gasteiger partial charge in [0.2, 0.25) is 0 Å². The van der Waals surface area contributed by atoms with E-state index in [4.69, 9.17) is 0 Å². The van der Waals surface area contributed by atoms with Crippen molar-refractivity contribution in [3.8, 4) is 0 Å². The number of carbonyl (C=O) groups is 1. The highest BCUT2D eigenvalue weighted by molar-refractivity contribution is 6.03. The largest absolute Gasteiger partial charge is 0.385 e. The molecule has 0 saturated carbocycles. The highest BCUT2D eigenvalue weighted by Gasteiger charge is 2.10. The summed E-state index contributed by atoms with van der Waals surface area (Å²) in [6.45, 7) is 4.82. The standard InChI is InChI=1S/C12H16N6O/c1-4-13-10-6-5-9(7-8(10)2)11(19)14-12-15-17-18(3)16-12/h5-7,13H,4H2,1-3H3,(H,14,16,19). The number of aryl methyl sites for hydroxylation is 2. The number of hydrogen-bond acceptors (Lipinski definition) is 5. The molecule has 0 fully saturated rings. The van der Waals surface area contributed by atoms with Crippen LogP contribution in [0.5, 0.6) is 0 Å². The van der Waals surface area contributed by atoms with Crippen molar-refractivity contribution < 1.29 is 4.79 Å².